The van der Waals surface area contributed by atoms with Gasteiger partial charge in [0.1, 0.15) is 12.1 Å². The molecule has 0 bridgehead atoms. The van der Waals surface area contributed by atoms with Crippen LogP contribution in [-0.2, 0) is 17.8 Å². The van der Waals surface area contributed by atoms with Crippen molar-refractivity contribution in [2.24, 2.45) is 0 Å². The molecule has 3 aromatic rings. The highest BCUT2D eigenvalue weighted by atomic mass is 127. The van der Waals surface area contributed by atoms with Gasteiger partial charge in [0.15, 0.2) is 22.1 Å². The predicted octanol–water partition coefficient (Wildman–Crippen LogP) is 2.24. The van der Waals surface area contributed by atoms with E-state index in [1.807, 2.05) is 4.57 Å². The first-order chi connectivity index (χ1) is 13.0. The molecule has 8 nitrogen and oxygen atoms in total. The Labute approximate surface area is 173 Å². The number of nitrogens with one attached hydrogen (secondary N) is 1. The number of carbonyl (C=O) groups is 1. The average molecular weight is 496 g/mol. The normalized spacial score (nSPS) is 12.8. The van der Waals surface area contributed by atoms with Gasteiger partial charge in [-0.15, -0.1) is 0 Å². The molecule has 1 aromatic carbocycles. The number of imidazole rings is 1. The Morgan fingerprint density at radius 1 is 1.44 bits per heavy atom. The highest BCUT2D eigenvalue weighted by molar-refractivity contribution is 14.1. The molecule has 2 aromatic heterocycles. The molecule has 4 rings (SSSR count). The lowest BCUT2D eigenvalue weighted by molar-refractivity contribution is -0.118. The van der Waals surface area contributed by atoms with Gasteiger partial charge in [-0.05, 0) is 40.3 Å². The number of aromatic nitrogens is 4. The van der Waals surface area contributed by atoms with E-state index in [0.717, 1.165) is 32.4 Å². The molecule has 0 fully saturated rings. The minimum Gasteiger partial charge on any atom is -0.493 e. The summed E-state index contributed by atoms with van der Waals surface area (Å²) in [5.41, 5.74) is 8.44. The quantitative estimate of drug-likeness (QED) is 0.522. The molecule has 140 valence electrons. The third-order valence-corrected chi connectivity index (χ3v) is 6.49. The number of nitrogens with zero attached hydrogens (tertiary/aromatic N) is 4. The zero-order valence-electron chi connectivity index (χ0n) is 14.5. The molecule has 3 N–H and O–H groups in total. The van der Waals surface area contributed by atoms with Crippen molar-refractivity contribution in [2.75, 3.05) is 18.9 Å². The number of amides is 1. The standard InChI is InChI=1S/C17H17IN6O2S/c1-9(25)20-3-4-24-16-14(15(19)21-8-22-16)23-17(24)27-13-7-12-10(2-5-26-12)6-11(13)18/h6-8H,2-5H2,1H3,(H,20,25)(H2,19,21,22). The maximum Gasteiger partial charge on any atom is 0.216 e. The van der Waals surface area contributed by atoms with Crippen molar-refractivity contribution in [3.8, 4) is 5.75 Å². The van der Waals surface area contributed by atoms with E-state index < -0.39 is 0 Å². The van der Waals surface area contributed by atoms with Crippen LogP contribution in [0.15, 0.2) is 28.5 Å². The maximum atomic E-state index is 11.2. The Morgan fingerprint density at radius 2 is 2.30 bits per heavy atom. The van der Waals surface area contributed by atoms with Crippen LogP contribution in [0.3, 0.4) is 0 Å². The molecule has 0 saturated heterocycles. The first-order valence-corrected chi connectivity index (χ1v) is 10.3. The first-order valence-electron chi connectivity index (χ1n) is 8.37. The van der Waals surface area contributed by atoms with E-state index in [1.165, 1.54) is 30.6 Å². The topological polar surface area (TPSA) is 108 Å². The summed E-state index contributed by atoms with van der Waals surface area (Å²) >= 11 is 3.86. The summed E-state index contributed by atoms with van der Waals surface area (Å²) < 4.78 is 8.79. The average Bonchev–Trinajstić information content (AvgIpc) is 3.21. The van der Waals surface area contributed by atoms with Gasteiger partial charge in [0, 0.05) is 34.9 Å². The number of halogens is 1. The number of hydrogen-bond donors (Lipinski definition) is 2. The minimum atomic E-state index is -0.0758. The second kappa shape index (κ2) is 7.50. The van der Waals surface area contributed by atoms with Crippen LogP contribution < -0.4 is 15.8 Å². The summed E-state index contributed by atoms with van der Waals surface area (Å²) in [5, 5.41) is 3.56. The molecular weight excluding hydrogens is 479 g/mol. The van der Waals surface area contributed by atoms with Crippen LogP contribution in [0.1, 0.15) is 12.5 Å². The molecule has 0 spiro atoms. The fraction of sp³-hybridized carbons (Fsp3) is 0.294. The van der Waals surface area contributed by atoms with Crippen molar-refractivity contribution in [1.82, 2.24) is 24.8 Å². The van der Waals surface area contributed by atoms with Gasteiger partial charge >= 0.3 is 0 Å². The van der Waals surface area contributed by atoms with E-state index in [2.05, 4.69) is 55.0 Å². The second-order valence-electron chi connectivity index (χ2n) is 6.05. The first kappa shape index (κ1) is 18.3. The Kier molecular flexibility index (Phi) is 5.08. The summed E-state index contributed by atoms with van der Waals surface area (Å²) in [6.07, 6.45) is 2.37. The molecule has 0 radical (unpaired) electrons. The van der Waals surface area contributed by atoms with Crippen molar-refractivity contribution < 1.29 is 9.53 Å². The molecule has 0 aliphatic carbocycles. The number of carbonyl (C=O) groups excluding carboxylic acids is 1. The highest BCUT2D eigenvalue weighted by Gasteiger charge is 2.20. The number of rotatable bonds is 5. The lowest BCUT2D eigenvalue weighted by atomic mass is 10.2. The number of nitrogens with two attached hydrogens (primary N) is 1. The third-order valence-electron chi connectivity index (χ3n) is 4.18. The largest absolute Gasteiger partial charge is 0.493 e. The molecule has 1 aliphatic heterocycles. The van der Waals surface area contributed by atoms with E-state index in [1.54, 1.807) is 0 Å². The third kappa shape index (κ3) is 3.68. The summed E-state index contributed by atoms with van der Waals surface area (Å²) in [6.45, 7) is 3.23. The van der Waals surface area contributed by atoms with Gasteiger partial charge in [0.05, 0.1) is 6.61 Å². The molecular formula is C17H17IN6O2S. The lowest BCUT2D eigenvalue weighted by Gasteiger charge is -2.10. The van der Waals surface area contributed by atoms with Gasteiger partial charge in [-0.3, -0.25) is 4.79 Å². The maximum absolute atomic E-state index is 11.2. The monoisotopic (exact) mass is 496 g/mol. The Hall–Kier alpha value is -2.08. The van der Waals surface area contributed by atoms with Gasteiger partial charge in [0.2, 0.25) is 5.91 Å². The van der Waals surface area contributed by atoms with Crippen molar-refractivity contribution in [3.63, 3.8) is 0 Å². The van der Waals surface area contributed by atoms with Crippen LogP contribution in [-0.4, -0.2) is 38.6 Å². The number of ether oxygens (including phenoxy) is 1. The van der Waals surface area contributed by atoms with E-state index in [0.29, 0.717) is 30.1 Å². The van der Waals surface area contributed by atoms with Crippen LogP contribution in [0, 0.1) is 3.57 Å². The fourth-order valence-corrected chi connectivity index (χ4v) is 4.72. The molecule has 3 heterocycles. The zero-order chi connectivity index (χ0) is 19.0. The number of fused-ring (bicyclic) bond motifs is 2. The molecule has 0 atom stereocenters. The lowest BCUT2D eigenvalue weighted by Crippen LogP contribution is -2.24. The molecule has 10 heteroatoms. The molecule has 1 amide bonds. The second-order valence-corrected chi connectivity index (χ2v) is 8.22. The van der Waals surface area contributed by atoms with Crippen molar-refractivity contribution in [1.29, 1.82) is 0 Å². The molecule has 27 heavy (non-hydrogen) atoms. The summed E-state index contributed by atoms with van der Waals surface area (Å²) in [5.74, 6) is 1.19. The fourth-order valence-electron chi connectivity index (χ4n) is 2.91. The number of hydrogen-bond acceptors (Lipinski definition) is 7. The number of benzene rings is 1. The van der Waals surface area contributed by atoms with Crippen LogP contribution in [0.2, 0.25) is 0 Å². The van der Waals surface area contributed by atoms with Crippen LogP contribution in [0.25, 0.3) is 11.2 Å². The minimum absolute atomic E-state index is 0.0758. The Bertz CT molecular complexity index is 1040. The smallest absolute Gasteiger partial charge is 0.216 e. The molecule has 0 saturated carbocycles. The summed E-state index contributed by atoms with van der Waals surface area (Å²) in [6, 6.07) is 4.21. The van der Waals surface area contributed by atoms with Gasteiger partial charge in [0.25, 0.3) is 0 Å². The molecule has 1 aliphatic rings. The zero-order valence-corrected chi connectivity index (χ0v) is 17.5. The van der Waals surface area contributed by atoms with Gasteiger partial charge in [-0.2, -0.15) is 0 Å². The highest BCUT2D eigenvalue weighted by Crippen LogP contribution is 2.38. The Balaban J connectivity index is 1.72. The van der Waals surface area contributed by atoms with Crippen LogP contribution in [0.5, 0.6) is 5.75 Å². The van der Waals surface area contributed by atoms with Gasteiger partial charge in [-0.25, -0.2) is 15.0 Å². The van der Waals surface area contributed by atoms with E-state index in [9.17, 15) is 4.79 Å². The van der Waals surface area contributed by atoms with E-state index in [4.69, 9.17) is 10.5 Å². The summed E-state index contributed by atoms with van der Waals surface area (Å²) in [7, 11) is 0. The van der Waals surface area contributed by atoms with Crippen LogP contribution in [0.4, 0.5) is 5.82 Å². The van der Waals surface area contributed by atoms with Crippen molar-refractivity contribution >= 4 is 57.2 Å². The number of anilines is 1. The van der Waals surface area contributed by atoms with E-state index >= 15 is 0 Å². The molecule has 0 unspecified atom stereocenters. The van der Waals surface area contributed by atoms with Crippen LogP contribution >= 0.6 is 34.4 Å². The van der Waals surface area contributed by atoms with Crippen molar-refractivity contribution in [3.05, 3.63) is 27.6 Å². The van der Waals surface area contributed by atoms with Crippen molar-refractivity contribution in [2.45, 2.75) is 29.9 Å². The van der Waals surface area contributed by atoms with E-state index in [-0.39, 0.29) is 5.91 Å². The van der Waals surface area contributed by atoms with Gasteiger partial charge < -0.3 is 20.4 Å². The number of nitrogen functional groups attached to an aromatic ring is 1. The Morgan fingerprint density at radius 3 is 3.11 bits per heavy atom. The predicted molar refractivity (Wildman–Crippen MR) is 111 cm³/mol. The summed E-state index contributed by atoms with van der Waals surface area (Å²) in [4.78, 5) is 25.3. The SMILES string of the molecule is CC(=O)NCCn1c(Sc2cc3c(cc2I)CCO3)nc2c(N)ncnc21. The van der Waals surface area contributed by atoms with Gasteiger partial charge in [-0.1, -0.05) is 11.8 Å².